The van der Waals surface area contributed by atoms with E-state index in [4.69, 9.17) is 16.7 Å². The van der Waals surface area contributed by atoms with Crippen LogP contribution in [0.4, 0.5) is 11.4 Å². The zero-order chi connectivity index (χ0) is 11.5. The van der Waals surface area contributed by atoms with E-state index in [0.29, 0.717) is 15.6 Å². The Labute approximate surface area is 101 Å². The highest BCUT2D eigenvalue weighted by molar-refractivity contribution is 7.12. The molecule has 2 rings (SSSR count). The van der Waals surface area contributed by atoms with E-state index in [0.717, 1.165) is 5.69 Å². The number of rotatable bonds is 3. The van der Waals surface area contributed by atoms with Crippen molar-refractivity contribution in [2.24, 2.45) is 0 Å². The maximum Gasteiger partial charge on any atom is 0.348 e. The zero-order valence-corrected chi connectivity index (χ0v) is 9.68. The van der Waals surface area contributed by atoms with Crippen LogP contribution >= 0.6 is 22.9 Å². The average Bonchev–Trinajstić information content (AvgIpc) is 2.69. The van der Waals surface area contributed by atoms with E-state index in [1.54, 1.807) is 35.7 Å². The Morgan fingerprint density at radius 3 is 2.56 bits per heavy atom. The van der Waals surface area contributed by atoms with E-state index >= 15 is 0 Å². The van der Waals surface area contributed by atoms with E-state index in [9.17, 15) is 4.79 Å². The fraction of sp³-hybridized carbons (Fsp3) is 0. The van der Waals surface area contributed by atoms with Gasteiger partial charge in [0.05, 0.1) is 5.69 Å². The fourth-order valence-corrected chi connectivity index (χ4v) is 2.08. The summed E-state index contributed by atoms with van der Waals surface area (Å²) in [5.74, 6) is -0.925. The summed E-state index contributed by atoms with van der Waals surface area (Å²) in [7, 11) is 0. The van der Waals surface area contributed by atoms with Gasteiger partial charge in [-0.25, -0.2) is 4.79 Å². The summed E-state index contributed by atoms with van der Waals surface area (Å²) in [6, 6.07) is 8.83. The van der Waals surface area contributed by atoms with Crippen molar-refractivity contribution in [2.75, 3.05) is 5.32 Å². The first kappa shape index (κ1) is 11.0. The van der Waals surface area contributed by atoms with Gasteiger partial charge in [-0.1, -0.05) is 11.6 Å². The number of anilines is 2. The Morgan fingerprint density at radius 1 is 1.25 bits per heavy atom. The maximum atomic E-state index is 10.9. The monoisotopic (exact) mass is 253 g/mol. The number of aromatic carboxylic acids is 1. The molecular weight excluding hydrogens is 246 g/mol. The van der Waals surface area contributed by atoms with Gasteiger partial charge in [0.15, 0.2) is 0 Å². The predicted molar refractivity (Wildman–Crippen MR) is 66.0 cm³/mol. The molecule has 0 aliphatic heterocycles. The Kier molecular flexibility index (Phi) is 3.12. The number of thiophene rings is 1. The summed E-state index contributed by atoms with van der Waals surface area (Å²) in [6.45, 7) is 0. The second-order valence-corrected chi connectivity index (χ2v) is 4.45. The molecule has 82 valence electrons. The molecule has 0 aliphatic carbocycles. The topological polar surface area (TPSA) is 49.3 Å². The van der Waals surface area contributed by atoms with Crippen molar-refractivity contribution >= 4 is 40.3 Å². The van der Waals surface area contributed by atoms with Crippen molar-refractivity contribution < 1.29 is 9.90 Å². The Bertz CT molecular complexity index is 507. The highest BCUT2D eigenvalue weighted by Gasteiger charge is 2.11. The summed E-state index contributed by atoms with van der Waals surface area (Å²) in [5.41, 5.74) is 1.41. The molecule has 0 unspecified atom stereocenters. The minimum atomic E-state index is -0.925. The molecule has 5 heteroatoms. The molecule has 0 saturated carbocycles. The number of hydrogen-bond acceptors (Lipinski definition) is 3. The molecule has 0 atom stereocenters. The van der Waals surface area contributed by atoms with Crippen LogP contribution in [0.15, 0.2) is 35.7 Å². The lowest BCUT2D eigenvalue weighted by Gasteiger charge is -2.05. The molecule has 0 amide bonds. The largest absolute Gasteiger partial charge is 0.477 e. The third kappa shape index (κ3) is 2.35. The van der Waals surface area contributed by atoms with Crippen LogP contribution in [0, 0.1) is 0 Å². The second kappa shape index (κ2) is 4.55. The number of carboxylic acids is 1. The van der Waals surface area contributed by atoms with Crippen molar-refractivity contribution in [1.29, 1.82) is 0 Å². The van der Waals surface area contributed by atoms with Crippen LogP contribution in [0.5, 0.6) is 0 Å². The molecule has 0 bridgehead atoms. The van der Waals surface area contributed by atoms with Gasteiger partial charge < -0.3 is 10.4 Å². The zero-order valence-electron chi connectivity index (χ0n) is 8.11. The SMILES string of the molecule is O=C(O)c1sccc1Nc1ccc(Cl)cc1. The minimum absolute atomic E-state index is 0.301. The highest BCUT2D eigenvalue weighted by atomic mass is 35.5. The van der Waals surface area contributed by atoms with Crippen LogP contribution in [-0.4, -0.2) is 11.1 Å². The summed E-state index contributed by atoms with van der Waals surface area (Å²) in [6.07, 6.45) is 0. The lowest BCUT2D eigenvalue weighted by Crippen LogP contribution is -1.98. The van der Waals surface area contributed by atoms with Crippen LogP contribution in [0.1, 0.15) is 9.67 Å². The first-order chi connectivity index (χ1) is 7.66. The molecule has 2 N–H and O–H groups in total. The number of nitrogens with one attached hydrogen (secondary N) is 1. The number of hydrogen-bond donors (Lipinski definition) is 2. The van der Waals surface area contributed by atoms with Crippen molar-refractivity contribution in [3.05, 3.63) is 45.6 Å². The molecule has 1 aromatic carbocycles. The minimum Gasteiger partial charge on any atom is -0.477 e. The third-order valence-corrected chi connectivity index (χ3v) is 3.14. The second-order valence-electron chi connectivity index (χ2n) is 3.10. The van der Waals surface area contributed by atoms with E-state index in [2.05, 4.69) is 5.32 Å². The summed E-state index contributed by atoms with van der Waals surface area (Å²) in [5, 5.41) is 14.3. The lowest BCUT2D eigenvalue weighted by molar-refractivity contribution is 0.0703. The van der Waals surface area contributed by atoms with Crippen LogP contribution in [-0.2, 0) is 0 Å². The highest BCUT2D eigenvalue weighted by Crippen LogP contribution is 2.26. The van der Waals surface area contributed by atoms with Crippen molar-refractivity contribution in [2.45, 2.75) is 0 Å². The van der Waals surface area contributed by atoms with Crippen LogP contribution < -0.4 is 5.32 Å². The van der Waals surface area contributed by atoms with Gasteiger partial charge in [0.25, 0.3) is 0 Å². The van der Waals surface area contributed by atoms with Gasteiger partial charge in [0.2, 0.25) is 0 Å². The average molecular weight is 254 g/mol. The lowest BCUT2D eigenvalue weighted by atomic mass is 10.3. The first-order valence-corrected chi connectivity index (χ1v) is 5.76. The molecule has 0 saturated heterocycles. The maximum absolute atomic E-state index is 10.9. The molecule has 0 radical (unpaired) electrons. The van der Waals surface area contributed by atoms with E-state index in [-0.39, 0.29) is 0 Å². The molecule has 2 aromatic rings. The molecular formula is C11H8ClNO2S. The number of halogens is 1. The molecule has 16 heavy (non-hydrogen) atoms. The smallest absolute Gasteiger partial charge is 0.348 e. The normalized spacial score (nSPS) is 10.1. The number of carbonyl (C=O) groups is 1. The van der Waals surface area contributed by atoms with E-state index < -0.39 is 5.97 Å². The molecule has 0 aliphatic rings. The Balaban J connectivity index is 2.23. The fourth-order valence-electron chi connectivity index (χ4n) is 1.26. The van der Waals surface area contributed by atoms with Gasteiger partial charge in [-0.15, -0.1) is 11.3 Å². The van der Waals surface area contributed by atoms with Gasteiger partial charge in [0, 0.05) is 10.7 Å². The quantitative estimate of drug-likeness (QED) is 0.874. The van der Waals surface area contributed by atoms with Crippen molar-refractivity contribution in [3.8, 4) is 0 Å². The molecule has 0 spiro atoms. The van der Waals surface area contributed by atoms with Crippen LogP contribution in [0.3, 0.4) is 0 Å². The van der Waals surface area contributed by atoms with E-state index in [1.165, 1.54) is 11.3 Å². The predicted octanol–water partition coefficient (Wildman–Crippen LogP) is 3.84. The van der Waals surface area contributed by atoms with Crippen LogP contribution in [0.2, 0.25) is 5.02 Å². The number of benzene rings is 1. The Morgan fingerprint density at radius 2 is 1.94 bits per heavy atom. The first-order valence-electron chi connectivity index (χ1n) is 4.50. The molecule has 0 fully saturated rings. The third-order valence-electron chi connectivity index (χ3n) is 1.98. The van der Waals surface area contributed by atoms with Gasteiger partial charge in [-0.05, 0) is 35.7 Å². The molecule has 1 aromatic heterocycles. The molecule has 3 nitrogen and oxygen atoms in total. The summed E-state index contributed by atoms with van der Waals surface area (Å²) < 4.78 is 0. The van der Waals surface area contributed by atoms with Crippen molar-refractivity contribution in [3.63, 3.8) is 0 Å². The van der Waals surface area contributed by atoms with Gasteiger partial charge >= 0.3 is 5.97 Å². The van der Waals surface area contributed by atoms with Gasteiger partial charge in [-0.3, -0.25) is 0 Å². The standard InChI is InChI=1S/C11H8ClNO2S/c12-7-1-3-8(4-2-7)13-9-5-6-16-10(9)11(14)15/h1-6,13H,(H,14,15). The summed E-state index contributed by atoms with van der Waals surface area (Å²) in [4.78, 5) is 11.2. The Hall–Kier alpha value is -1.52. The van der Waals surface area contributed by atoms with Gasteiger partial charge in [-0.2, -0.15) is 0 Å². The summed E-state index contributed by atoms with van der Waals surface area (Å²) >= 11 is 6.95. The van der Waals surface area contributed by atoms with Crippen LogP contribution in [0.25, 0.3) is 0 Å². The number of carboxylic acid groups (broad SMARTS) is 1. The van der Waals surface area contributed by atoms with E-state index in [1.807, 2.05) is 0 Å². The van der Waals surface area contributed by atoms with Crippen molar-refractivity contribution in [1.82, 2.24) is 0 Å². The molecule has 1 heterocycles. The van der Waals surface area contributed by atoms with Gasteiger partial charge in [0.1, 0.15) is 4.88 Å².